The van der Waals surface area contributed by atoms with Crippen molar-refractivity contribution in [1.82, 2.24) is 5.32 Å². The molecular weight excluding hydrogens is 463 g/mol. The number of primary amides is 1. The Morgan fingerprint density at radius 1 is 1.26 bits per heavy atom. The molecule has 35 heavy (non-hydrogen) atoms. The van der Waals surface area contributed by atoms with Crippen LogP contribution in [-0.2, 0) is 12.8 Å². The van der Waals surface area contributed by atoms with Gasteiger partial charge in [0.1, 0.15) is 6.61 Å². The molecule has 0 spiro atoms. The lowest BCUT2D eigenvalue weighted by Gasteiger charge is -2.22. The second-order valence-electron chi connectivity index (χ2n) is 8.59. The molecular formula is C25H34F3N3O4. The number of carbonyl (C=O) groups excluding carboxylic acids is 1. The Labute approximate surface area is 204 Å². The summed E-state index contributed by atoms with van der Waals surface area (Å²) >= 11 is 0. The quantitative estimate of drug-likeness (QED) is 0.368. The number of nitrogens with zero attached hydrogens (tertiary/aromatic N) is 1. The molecule has 1 aliphatic heterocycles. The maximum atomic E-state index is 12.4. The van der Waals surface area contributed by atoms with Crippen LogP contribution < -0.4 is 25.4 Å². The van der Waals surface area contributed by atoms with E-state index in [1.807, 2.05) is 13.0 Å². The maximum absolute atomic E-state index is 12.4. The lowest BCUT2D eigenvalue weighted by molar-refractivity contribution is -0.153. The molecule has 1 amide bonds. The number of para-hydroxylation sites is 2. The number of hydrogen-bond acceptors (Lipinski definition) is 6. The number of aliphatic hydroxyl groups excluding tert-OH is 1. The highest BCUT2D eigenvalue weighted by molar-refractivity contribution is 6.00. The first-order valence-electron chi connectivity index (χ1n) is 11.6. The third-order valence-electron chi connectivity index (χ3n) is 5.70. The topological polar surface area (TPSA) is 97.1 Å². The van der Waals surface area contributed by atoms with Gasteiger partial charge in [-0.15, -0.1) is 0 Å². The lowest BCUT2D eigenvalue weighted by atomic mass is 9.98. The maximum Gasteiger partial charge on any atom is 0.422 e. The van der Waals surface area contributed by atoms with Crippen molar-refractivity contribution < 1.29 is 34.0 Å². The number of benzene rings is 2. The Morgan fingerprint density at radius 2 is 1.97 bits per heavy atom. The standard InChI is InChI=1S/C25H32F3N3O4.H2/c1-17(30-8-12-34-21-5-2-3-6-22(21)35-16-25(26,27)28)13-18-14-19-7-10-31(9-4-11-32)23(19)20(15-18)24(29)33;/h2-3,5-6,14-15,17,30,32H,4,7-13,16H2,1H3,(H2,29,33);1H/t17-;/m1./s1. The number of amides is 1. The molecule has 0 aromatic heterocycles. The highest BCUT2D eigenvalue weighted by atomic mass is 19.4. The minimum absolute atomic E-state index is 0. The molecule has 1 atom stereocenters. The fraction of sp³-hybridized carbons (Fsp3) is 0.480. The van der Waals surface area contributed by atoms with Crippen molar-refractivity contribution in [3.05, 3.63) is 53.1 Å². The molecule has 0 unspecified atom stereocenters. The van der Waals surface area contributed by atoms with E-state index in [9.17, 15) is 18.0 Å². The Bertz CT molecular complexity index is 1010. The van der Waals surface area contributed by atoms with Gasteiger partial charge in [0.2, 0.25) is 0 Å². The molecule has 2 aromatic rings. The fourth-order valence-electron chi connectivity index (χ4n) is 4.22. The van der Waals surface area contributed by atoms with Crippen molar-refractivity contribution in [2.24, 2.45) is 5.73 Å². The third-order valence-corrected chi connectivity index (χ3v) is 5.70. The molecule has 2 aromatic carbocycles. The summed E-state index contributed by atoms with van der Waals surface area (Å²) in [6.07, 6.45) is -2.31. The van der Waals surface area contributed by atoms with Crippen molar-refractivity contribution >= 4 is 11.6 Å². The summed E-state index contributed by atoms with van der Waals surface area (Å²) in [6, 6.07) is 10.2. The van der Waals surface area contributed by atoms with Gasteiger partial charge in [-0.2, -0.15) is 13.2 Å². The van der Waals surface area contributed by atoms with Crippen LogP contribution in [0.4, 0.5) is 18.9 Å². The number of carbonyl (C=O) groups is 1. The minimum Gasteiger partial charge on any atom is -0.488 e. The number of alkyl halides is 3. The zero-order chi connectivity index (χ0) is 25.4. The summed E-state index contributed by atoms with van der Waals surface area (Å²) in [5.41, 5.74) is 9.12. The number of nitrogens with two attached hydrogens (primary N) is 1. The van der Waals surface area contributed by atoms with Gasteiger partial charge in [-0.05, 0) is 55.5 Å². The van der Waals surface area contributed by atoms with E-state index in [0.29, 0.717) is 31.5 Å². The molecule has 0 saturated carbocycles. The Morgan fingerprint density at radius 3 is 2.63 bits per heavy atom. The molecule has 0 fully saturated rings. The highest BCUT2D eigenvalue weighted by Gasteiger charge is 2.29. The van der Waals surface area contributed by atoms with E-state index >= 15 is 0 Å². The molecule has 1 heterocycles. The lowest BCUT2D eigenvalue weighted by Crippen LogP contribution is -2.32. The predicted molar refractivity (Wildman–Crippen MR) is 129 cm³/mol. The molecule has 0 bridgehead atoms. The van der Waals surface area contributed by atoms with Crippen molar-refractivity contribution in [3.63, 3.8) is 0 Å². The van der Waals surface area contributed by atoms with Crippen LogP contribution in [0, 0.1) is 0 Å². The summed E-state index contributed by atoms with van der Waals surface area (Å²) in [4.78, 5) is 14.2. The monoisotopic (exact) mass is 497 g/mol. The van der Waals surface area contributed by atoms with Crippen LogP contribution in [-0.4, -0.2) is 62.7 Å². The van der Waals surface area contributed by atoms with Gasteiger partial charge >= 0.3 is 6.18 Å². The van der Waals surface area contributed by atoms with Gasteiger partial charge in [-0.25, -0.2) is 0 Å². The summed E-state index contributed by atoms with van der Waals surface area (Å²) in [6.45, 7) is 2.89. The van der Waals surface area contributed by atoms with E-state index in [1.54, 1.807) is 18.2 Å². The zero-order valence-corrected chi connectivity index (χ0v) is 19.7. The van der Waals surface area contributed by atoms with Gasteiger partial charge in [0.25, 0.3) is 5.91 Å². The molecule has 4 N–H and O–H groups in total. The summed E-state index contributed by atoms with van der Waals surface area (Å²) in [7, 11) is 0. The van der Waals surface area contributed by atoms with Gasteiger partial charge < -0.3 is 30.5 Å². The van der Waals surface area contributed by atoms with Crippen LogP contribution in [0.2, 0.25) is 0 Å². The van der Waals surface area contributed by atoms with Crippen LogP contribution in [0.1, 0.15) is 36.3 Å². The number of halogens is 3. The molecule has 0 saturated heterocycles. The summed E-state index contributed by atoms with van der Waals surface area (Å²) < 4.78 is 47.8. The Balaban J connectivity index is 0.00000456. The molecule has 0 aliphatic carbocycles. The number of aliphatic hydroxyl groups is 1. The van der Waals surface area contributed by atoms with Crippen molar-refractivity contribution in [3.8, 4) is 11.5 Å². The highest BCUT2D eigenvalue weighted by Crippen LogP contribution is 2.33. The number of fused-ring (bicyclic) bond motifs is 1. The minimum atomic E-state index is -4.42. The summed E-state index contributed by atoms with van der Waals surface area (Å²) in [5, 5.41) is 12.5. The Hall–Kier alpha value is -2.98. The summed E-state index contributed by atoms with van der Waals surface area (Å²) in [5.74, 6) is -0.177. The first kappa shape index (κ1) is 26.6. The van der Waals surface area contributed by atoms with E-state index in [-0.39, 0.29) is 32.2 Å². The average Bonchev–Trinajstić information content (AvgIpc) is 3.21. The van der Waals surface area contributed by atoms with E-state index in [0.717, 1.165) is 29.8 Å². The second-order valence-corrected chi connectivity index (χ2v) is 8.59. The molecule has 0 radical (unpaired) electrons. The number of ether oxygens (including phenoxy) is 2. The second kappa shape index (κ2) is 12.1. The number of anilines is 1. The van der Waals surface area contributed by atoms with Crippen LogP contribution in [0.5, 0.6) is 11.5 Å². The normalized spacial score (nSPS) is 14.0. The SMILES string of the molecule is C[C@H](Cc1cc2c(c(C(N)=O)c1)N(CCCO)CC2)NCCOc1ccccc1OCC(F)(F)F.[HH]. The van der Waals surface area contributed by atoms with Gasteiger partial charge in [-0.3, -0.25) is 4.79 Å². The molecule has 10 heteroatoms. The van der Waals surface area contributed by atoms with Crippen LogP contribution in [0.3, 0.4) is 0 Å². The van der Waals surface area contributed by atoms with Gasteiger partial charge in [0, 0.05) is 33.7 Å². The van der Waals surface area contributed by atoms with Crippen LogP contribution in [0.25, 0.3) is 0 Å². The van der Waals surface area contributed by atoms with E-state index in [2.05, 4.69) is 16.3 Å². The number of nitrogens with one attached hydrogen (secondary N) is 1. The molecule has 194 valence electrons. The first-order valence-corrected chi connectivity index (χ1v) is 11.6. The van der Waals surface area contributed by atoms with Crippen molar-refractivity contribution in [2.45, 2.75) is 38.4 Å². The van der Waals surface area contributed by atoms with Crippen molar-refractivity contribution in [1.29, 1.82) is 0 Å². The van der Waals surface area contributed by atoms with E-state index in [1.165, 1.54) is 6.07 Å². The largest absolute Gasteiger partial charge is 0.488 e. The van der Waals surface area contributed by atoms with E-state index < -0.39 is 18.7 Å². The first-order chi connectivity index (χ1) is 16.7. The Kier molecular flexibility index (Phi) is 9.22. The van der Waals surface area contributed by atoms with Crippen LogP contribution >= 0.6 is 0 Å². The molecule has 3 rings (SSSR count). The molecule has 1 aliphatic rings. The van der Waals surface area contributed by atoms with Gasteiger partial charge in [0.15, 0.2) is 18.1 Å². The number of hydrogen-bond donors (Lipinski definition) is 3. The fourth-order valence-corrected chi connectivity index (χ4v) is 4.22. The van der Waals surface area contributed by atoms with Gasteiger partial charge in [-0.1, -0.05) is 18.2 Å². The van der Waals surface area contributed by atoms with Gasteiger partial charge in [0.05, 0.1) is 11.3 Å². The van der Waals surface area contributed by atoms with Crippen molar-refractivity contribution in [2.75, 3.05) is 44.4 Å². The van der Waals surface area contributed by atoms with E-state index in [4.69, 9.17) is 20.3 Å². The molecule has 7 nitrogen and oxygen atoms in total. The zero-order valence-electron chi connectivity index (χ0n) is 19.7. The average molecular weight is 498 g/mol. The smallest absolute Gasteiger partial charge is 0.422 e. The number of rotatable bonds is 13. The predicted octanol–water partition coefficient (Wildman–Crippen LogP) is 3.32. The van der Waals surface area contributed by atoms with Crippen LogP contribution in [0.15, 0.2) is 36.4 Å². The third kappa shape index (κ3) is 7.76.